The van der Waals surface area contributed by atoms with Crippen LogP contribution in [0.4, 0.5) is 0 Å². The van der Waals surface area contributed by atoms with Crippen molar-refractivity contribution in [1.29, 1.82) is 0 Å². The molecular formula is C19H14N2O4. The number of aryl methyl sites for hydroxylation is 1. The van der Waals surface area contributed by atoms with E-state index in [0.717, 1.165) is 5.56 Å². The van der Waals surface area contributed by atoms with Crippen molar-refractivity contribution in [3.63, 3.8) is 0 Å². The number of ether oxygens (including phenoxy) is 1. The van der Waals surface area contributed by atoms with E-state index in [0.29, 0.717) is 28.1 Å². The van der Waals surface area contributed by atoms with E-state index >= 15 is 0 Å². The Kier molecular flexibility index (Phi) is 3.50. The number of nitrogens with zero attached hydrogens (tertiary/aromatic N) is 1. The molecule has 0 spiro atoms. The lowest BCUT2D eigenvalue weighted by atomic mass is 10.1. The van der Waals surface area contributed by atoms with Crippen molar-refractivity contribution in [3.8, 4) is 23.1 Å². The van der Waals surface area contributed by atoms with Crippen molar-refractivity contribution < 1.29 is 19.1 Å². The van der Waals surface area contributed by atoms with E-state index in [1.165, 1.54) is 6.07 Å². The first-order valence-electron chi connectivity index (χ1n) is 7.66. The smallest absolute Gasteiger partial charge is 0.336 e. The Balaban J connectivity index is 1.68. The van der Waals surface area contributed by atoms with Crippen LogP contribution in [0, 0.1) is 6.92 Å². The molecule has 2 aromatic heterocycles. The van der Waals surface area contributed by atoms with Crippen LogP contribution >= 0.6 is 0 Å². The summed E-state index contributed by atoms with van der Waals surface area (Å²) in [7, 11) is 0. The second-order valence-corrected chi connectivity index (χ2v) is 5.62. The summed E-state index contributed by atoms with van der Waals surface area (Å²) in [5, 5.41) is 9.21. The number of hydrogen-bond acceptors (Lipinski definition) is 4. The molecule has 0 bridgehead atoms. The molecule has 0 aliphatic carbocycles. The maximum atomic E-state index is 11.2. The summed E-state index contributed by atoms with van der Waals surface area (Å²) in [6.45, 7) is 1.74. The fourth-order valence-corrected chi connectivity index (χ4v) is 2.65. The molecule has 0 aliphatic heterocycles. The Morgan fingerprint density at radius 2 is 2.00 bits per heavy atom. The van der Waals surface area contributed by atoms with Crippen LogP contribution in [0.5, 0.6) is 11.8 Å². The quantitative estimate of drug-likeness (QED) is 0.568. The van der Waals surface area contributed by atoms with E-state index < -0.39 is 5.97 Å². The minimum Gasteiger partial charge on any atom is -0.478 e. The van der Waals surface area contributed by atoms with Gasteiger partial charge in [0.05, 0.1) is 5.56 Å². The number of carbonyl (C=O) groups is 1. The average molecular weight is 334 g/mol. The van der Waals surface area contributed by atoms with Crippen LogP contribution in [0.2, 0.25) is 0 Å². The highest BCUT2D eigenvalue weighted by Gasteiger charge is 2.15. The molecule has 0 fully saturated rings. The SMILES string of the molecule is Cc1ccc(Oc2nc3c(-c4ccccc4)occ3[nH]2)cc1C(=O)O. The largest absolute Gasteiger partial charge is 0.478 e. The van der Waals surface area contributed by atoms with Crippen LogP contribution < -0.4 is 4.74 Å². The van der Waals surface area contributed by atoms with E-state index in [2.05, 4.69) is 9.97 Å². The number of carboxylic acid groups (broad SMARTS) is 1. The molecule has 4 aromatic rings. The highest BCUT2D eigenvalue weighted by molar-refractivity contribution is 5.90. The third-order valence-electron chi connectivity index (χ3n) is 3.91. The van der Waals surface area contributed by atoms with E-state index in [4.69, 9.17) is 9.15 Å². The number of nitrogens with one attached hydrogen (secondary N) is 1. The molecule has 124 valence electrons. The van der Waals surface area contributed by atoms with E-state index in [-0.39, 0.29) is 11.6 Å². The average Bonchev–Trinajstić information content (AvgIpc) is 3.17. The highest BCUT2D eigenvalue weighted by Crippen LogP contribution is 2.31. The lowest BCUT2D eigenvalue weighted by molar-refractivity contribution is 0.0695. The summed E-state index contributed by atoms with van der Waals surface area (Å²) >= 11 is 0. The number of furan rings is 1. The normalized spacial score (nSPS) is 10.9. The molecule has 0 unspecified atom stereocenters. The second-order valence-electron chi connectivity index (χ2n) is 5.62. The summed E-state index contributed by atoms with van der Waals surface area (Å²) in [5.74, 6) is 0.0563. The summed E-state index contributed by atoms with van der Waals surface area (Å²) in [6, 6.07) is 14.8. The molecule has 0 saturated carbocycles. The lowest BCUT2D eigenvalue weighted by Crippen LogP contribution is -2.00. The number of carboxylic acids is 1. The lowest BCUT2D eigenvalue weighted by Gasteiger charge is -2.05. The van der Waals surface area contributed by atoms with Crippen molar-refractivity contribution in [1.82, 2.24) is 9.97 Å². The molecule has 6 nitrogen and oxygen atoms in total. The second kappa shape index (κ2) is 5.83. The van der Waals surface area contributed by atoms with Crippen molar-refractivity contribution in [2.24, 2.45) is 0 Å². The summed E-state index contributed by atoms with van der Waals surface area (Å²) in [4.78, 5) is 18.7. The number of aromatic nitrogens is 2. The van der Waals surface area contributed by atoms with Gasteiger partial charge in [0.15, 0.2) is 5.76 Å². The first kappa shape index (κ1) is 15.0. The Bertz CT molecular complexity index is 1060. The molecule has 2 heterocycles. The molecule has 0 atom stereocenters. The molecular weight excluding hydrogens is 320 g/mol. The number of benzene rings is 2. The van der Waals surface area contributed by atoms with Gasteiger partial charge in [-0.2, -0.15) is 4.98 Å². The highest BCUT2D eigenvalue weighted by atomic mass is 16.5. The number of H-pyrrole nitrogens is 1. The van der Waals surface area contributed by atoms with Crippen LogP contribution in [0.25, 0.3) is 22.4 Å². The van der Waals surface area contributed by atoms with Crippen molar-refractivity contribution in [2.75, 3.05) is 0 Å². The monoisotopic (exact) mass is 334 g/mol. The molecule has 2 N–H and O–H groups in total. The molecule has 2 aromatic carbocycles. The molecule has 0 amide bonds. The van der Waals surface area contributed by atoms with Crippen LogP contribution in [0.3, 0.4) is 0 Å². The van der Waals surface area contributed by atoms with Gasteiger partial charge in [-0.25, -0.2) is 4.79 Å². The van der Waals surface area contributed by atoms with E-state index in [9.17, 15) is 9.90 Å². The van der Waals surface area contributed by atoms with Crippen LogP contribution in [0.15, 0.2) is 59.2 Å². The minimum atomic E-state index is -0.994. The van der Waals surface area contributed by atoms with Gasteiger partial charge in [0.25, 0.3) is 6.01 Å². The van der Waals surface area contributed by atoms with Gasteiger partial charge in [-0.1, -0.05) is 36.4 Å². The van der Waals surface area contributed by atoms with Gasteiger partial charge >= 0.3 is 5.97 Å². The van der Waals surface area contributed by atoms with E-state index in [1.54, 1.807) is 25.3 Å². The Morgan fingerprint density at radius 1 is 1.20 bits per heavy atom. The maximum Gasteiger partial charge on any atom is 0.336 e. The fraction of sp³-hybridized carbons (Fsp3) is 0.0526. The molecule has 6 heteroatoms. The zero-order chi connectivity index (χ0) is 17.4. The number of fused-ring (bicyclic) bond motifs is 1. The van der Waals surface area contributed by atoms with Crippen LogP contribution in [-0.4, -0.2) is 21.0 Å². The van der Waals surface area contributed by atoms with Gasteiger partial charge in [-0.3, -0.25) is 0 Å². The Hall–Kier alpha value is -3.54. The predicted octanol–water partition coefficient (Wildman–Crippen LogP) is 4.62. The Labute approximate surface area is 142 Å². The summed E-state index contributed by atoms with van der Waals surface area (Å²) in [6.07, 6.45) is 1.58. The van der Waals surface area contributed by atoms with Crippen LogP contribution in [0.1, 0.15) is 15.9 Å². The molecule has 0 radical (unpaired) electrons. The third kappa shape index (κ3) is 2.74. The first-order chi connectivity index (χ1) is 12.1. The van der Waals surface area contributed by atoms with Crippen molar-refractivity contribution in [2.45, 2.75) is 6.92 Å². The number of hydrogen-bond donors (Lipinski definition) is 2. The van der Waals surface area contributed by atoms with E-state index in [1.807, 2.05) is 30.3 Å². The van der Waals surface area contributed by atoms with Gasteiger partial charge in [-0.05, 0) is 24.6 Å². The molecule has 4 rings (SSSR count). The van der Waals surface area contributed by atoms with Gasteiger partial charge in [0, 0.05) is 5.56 Å². The third-order valence-corrected chi connectivity index (χ3v) is 3.91. The molecule has 0 aliphatic rings. The number of rotatable bonds is 4. The number of aromatic amines is 1. The topological polar surface area (TPSA) is 88.4 Å². The first-order valence-corrected chi connectivity index (χ1v) is 7.66. The number of aromatic carboxylic acids is 1. The summed E-state index contributed by atoms with van der Waals surface area (Å²) < 4.78 is 11.3. The van der Waals surface area contributed by atoms with Gasteiger partial charge in [-0.15, -0.1) is 0 Å². The zero-order valence-electron chi connectivity index (χ0n) is 13.3. The standard InChI is InChI=1S/C19H14N2O4/c1-11-7-8-13(9-14(11)18(22)23)25-19-20-15-10-24-17(16(15)21-19)12-5-3-2-4-6-12/h2-10H,1H3,(H,20,21)(H,22,23). The minimum absolute atomic E-state index is 0.197. The molecule has 25 heavy (non-hydrogen) atoms. The fourth-order valence-electron chi connectivity index (χ4n) is 2.65. The van der Waals surface area contributed by atoms with Gasteiger partial charge in [0.1, 0.15) is 23.0 Å². The van der Waals surface area contributed by atoms with Crippen molar-refractivity contribution in [3.05, 3.63) is 65.9 Å². The van der Waals surface area contributed by atoms with Crippen LogP contribution in [-0.2, 0) is 0 Å². The predicted molar refractivity (Wildman–Crippen MR) is 92.0 cm³/mol. The van der Waals surface area contributed by atoms with Gasteiger partial charge < -0.3 is 19.2 Å². The van der Waals surface area contributed by atoms with Gasteiger partial charge in [0.2, 0.25) is 0 Å². The zero-order valence-corrected chi connectivity index (χ0v) is 13.3. The Morgan fingerprint density at radius 3 is 2.76 bits per heavy atom. The van der Waals surface area contributed by atoms with Crippen molar-refractivity contribution >= 4 is 17.0 Å². The maximum absolute atomic E-state index is 11.2. The summed E-state index contributed by atoms with van der Waals surface area (Å²) in [5.41, 5.74) is 3.15. The molecule has 0 saturated heterocycles. The number of imidazole rings is 1.